The molecule has 130 valence electrons. The molecule has 0 fully saturated rings. The van der Waals surface area contributed by atoms with Gasteiger partial charge in [0.25, 0.3) is 0 Å². The fourth-order valence-corrected chi connectivity index (χ4v) is 3.70. The van der Waals surface area contributed by atoms with Crippen LogP contribution in [0.5, 0.6) is 0 Å². The van der Waals surface area contributed by atoms with Gasteiger partial charge in [0.05, 0.1) is 17.5 Å². The van der Waals surface area contributed by atoms with Crippen molar-refractivity contribution in [3.05, 3.63) is 60.6 Å². The zero-order chi connectivity index (χ0) is 17.9. The predicted molar refractivity (Wildman–Crippen MR) is 93.3 cm³/mol. The van der Waals surface area contributed by atoms with Crippen LogP contribution in [-0.4, -0.2) is 35.0 Å². The van der Waals surface area contributed by atoms with Gasteiger partial charge < -0.3 is 5.32 Å². The lowest BCUT2D eigenvalue weighted by Crippen LogP contribution is -2.42. The number of aromatic nitrogens is 3. The number of rotatable bonds is 6. The van der Waals surface area contributed by atoms with Gasteiger partial charge in [-0.3, -0.25) is 4.79 Å². The molecule has 8 nitrogen and oxygen atoms in total. The molecular formula is C16H17N5O3S. The van der Waals surface area contributed by atoms with Crippen LogP contribution in [0.3, 0.4) is 0 Å². The Balaban J connectivity index is 1.67. The molecule has 25 heavy (non-hydrogen) atoms. The van der Waals surface area contributed by atoms with Gasteiger partial charge in [-0.2, -0.15) is 5.10 Å². The Kier molecular flexibility index (Phi) is 4.77. The third-order valence-corrected chi connectivity index (χ3v) is 4.94. The van der Waals surface area contributed by atoms with Crippen molar-refractivity contribution in [1.29, 1.82) is 0 Å². The highest BCUT2D eigenvalue weighted by molar-refractivity contribution is 7.88. The fraction of sp³-hybridized carbons (Fsp3) is 0.188. The maximum absolute atomic E-state index is 12.3. The first kappa shape index (κ1) is 17.1. The van der Waals surface area contributed by atoms with Crippen molar-refractivity contribution >= 4 is 27.3 Å². The highest BCUT2D eigenvalue weighted by Gasteiger charge is 2.21. The van der Waals surface area contributed by atoms with Crippen molar-refractivity contribution in [1.82, 2.24) is 19.3 Å². The molecule has 2 aromatic heterocycles. The molecule has 0 aliphatic rings. The molecular weight excluding hydrogens is 342 g/mol. The summed E-state index contributed by atoms with van der Waals surface area (Å²) in [5.41, 5.74) is 1.59. The lowest BCUT2D eigenvalue weighted by molar-refractivity contribution is -0.117. The van der Waals surface area contributed by atoms with E-state index in [2.05, 4.69) is 20.1 Å². The SMILES string of the molecule is CC(NS(=O)(=O)Cc1ccccc1)C(=O)Nc1cccn2ncnc12. The Morgan fingerprint density at radius 3 is 2.72 bits per heavy atom. The standard InChI is InChI=1S/C16H17N5O3S/c1-12(20-25(23,24)10-13-6-3-2-4-7-13)16(22)19-14-8-5-9-21-15(14)17-11-18-21/h2-9,11-12,20H,10H2,1H3,(H,19,22). The highest BCUT2D eigenvalue weighted by atomic mass is 32.2. The molecule has 2 heterocycles. The Bertz CT molecular complexity index is 985. The normalized spacial score (nSPS) is 12.8. The van der Waals surface area contributed by atoms with Crippen LogP contribution in [-0.2, 0) is 20.6 Å². The van der Waals surface area contributed by atoms with Crippen molar-refractivity contribution in [3.63, 3.8) is 0 Å². The van der Waals surface area contributed by atoms with Crippen molar-refractivity contribution < 1.29 is 13.2 Å². The Morgan fingerprint density at radius 2 is 1.96 bits per heavy atom. The second kappa shape index (κ2) is 6.99. The van der Waals surface area contributed by atoms with Crippen LogP contribution in [0.15, 0.2) is 55.0 Å². The maximum Gasteiger partial charge on any atom is 0.242 e. The van der Waals surface area contributed by atoms with Gasteiger partial charge in [0.15, 0.2) is 5.65 Å². The van der Waals surface area contributed by atoms with Gasteiger partial charge in [0.1, 0.15) is 6.33 Å². The first-order valence-corrected chi connectivity index (χ1v) is 9.23. The molecule has 0 aliphatic carbocycles. The van der Waals surface area contributed by atoms with E-state index in [4.69, 9.17) is 0 Å². The van der Waals surface area contributed by atoms with E-state index in [0.717, 1.165) is 0 Å². The second-order valence-electron chi connectivity index (χ2n) is 5.52. The topological polar surface area (TPSA) is 105 Å². The molecule has 1 aromatic carbocycles. The van der Waals surface area contributed by atoms with E-state index in [1.54, 1.807) is 42.6 Å². The van der Waals surface area contributed by atoms with Crippen molar-refractivity contribution in [3.8, 4) is 0 Å². The molecule has 1 atom stereocenters. The number of benzene rings is 1. The number of nitrogens with one attached hydrogen (secondary N) is 2. The third-order valence-electron chi connectivity index (χ3n) is 3.51. The average Bonchev–Trinajstić information content (AvgIpc) is 3.04. The number of amides is 1. The summed E-state index contributed by atoms with van der Waals surface area (Å²) in [6.07, 6.45) is 3.07. The molecule has 0 saturated heterocycles. The van der Waals surface area contributed by atoms with Crippen LogP contribution < -0.4 is 10.0 Å². The van der Waals surface area contributed by atoms with Crippen LogP contribution >= 0.6 is 0 Å². The summed E-state index contributed by atoms with van der Waals surface area (Å²) in [6, 6.07) is 11.2. The van der Waals surface area contributed by atoms with Crippen LogP contribution in [0.2, 0.25) is 0 Å². The number of sulfonamides is 1. The number of carbonyl (C=O) groups excluding carboxylic acids is 1. The predicted octanol–water partition coefficient (Wildman–Crippen LogP) is 1.18. The van der Waals surface area contributed by atoms with Crippen molar-refractivity contribution in [2.75, 3.05) is 5.32 Å². The molecule has 9 heteroatoms. The Morgan fingerprint density at radius 1 is 1.20 bits per heavy atom. The first-order chi connectivity index (χ1) is 11.9. The molecule has 3 aromatic rings. The zero-order valence-electron chi connectivity index (χ0n) is 13.5. The van der Waals surface area contributed by atoms with Crippen LogP contribution in [0.4, 0.5) is 5.69 Å². The fourth-order valence-electron chi connectivity index (χ4n) is 2.34. The summed E-state index contributed by atoms with van der Waals surface area (Å²) in [6.45, 7) is 1.49. The summed E-state index contributed by atoms with van der Waals surface area (Å²) in [7, 11) is -3.65. The van der Waals surface area contributed by atoms with E-state index < -0.39 is 22.0 Å². The van der Waals surface area contributed by atoms with E-state index in [1.807, 2.05) is 6.07 Å². The Labute approximate surface area is 144 Å². The molecule has 0 saturated carbocycles. The summed E-state index contributed by atoms with van der Waals surface area (Å²) in [5, 5.41) is 6.65. The monoisotopic (exact) mass is 359 g/mol. The Hall–Kier alpha value is -2.78. The van der Waals surface area contributed by atoms with E-state index >= 15 is 0 Å². The van der Waals surface area contributed by atoms with Crippen molar-refractivity contribution in [2.24, 2.45) is 0 Å². The van der Waals surface area contributed by atoms with Gasteiger partial charge in [-0.25, -0.2) is 22.6 Å². The molecule has 1 unspecified atom stereocenters. The quantitative estimate of drug-likeness (QED) is 0.687. The van der Waals surface area contributed by atoms with E-state index in [-0.39, 0.29) is 5.75 Å². The van der Waals surface area contributed by atoms with Gasteiger partial charge in [-0.1, -0.05) is 30.3 Å². The molecule has 0 spiro atoms. The van der Waals surface area contributed by atoms with Crippen LogP contribution in [0.25, 0.3) is 5.65 Å². The number of pyridine rings is 1. The minimum atomic E-state index is -3.65. The number of carbonyl (C=O) groups is 1. The van der Waals surface area contributed by atoms with Crippen LogP contribution in [0, 0.1) is 0 Å². The minimum absolute atomic E-state index is 0.189. The lowest BCUT2D eigenvalue weighted by atomic mass is 10.2. The summed E-state index contributed by atoms with van der Waals surface area (Å²) < 4.78 is 28.3. The highest BCUT2D eigenvalue weighted by Crippen LogP contribution is 2.13. The minimum Gasteiger partial charge on any atom is -0.322 e. The largest absolute Gasteiger partial charge is 0.322 e. The number of hydrogen-bond donors (Lipinski definition) is 2. The molecule has 1 amide bonds. The molecule has 0 aliphatic heterocycles. The summed E-state index contributed by atoms with van der Waals surface area (Å²) >= 11 is 0. The average molecular weight is 359 g/mol. The van der Waals surface area contributed by atoms with Gasteiger partial charge in [0, 0.05) is 6.20 Å². The molecule has 0 bridgehead atoms. The van der Waals surface area contributed by atoms with Gasteiger partial charge in [-0.15, -0.1) is 0 Å². The summed E-state index contributed by atoms with van der Waals surface area (Å²) in [5.74, 6) is -0.668. The second-order valence-corrected chi connectivity index (χ2v) is 7.28. The van der Waals surface area contributed by atoms with Gasteiger partial charge in [-0.05, 0) is 24.6 Å². The van der Waals surface area contributed by atoms with E-state index in [9.17, 15) is 13.2 Å². The van der Waals surface area contributed by atoms with E-state index in [0.29, 0.717) is 16.9 Å². The smallest absolute Gasteiger partial charge is 0.242 e. The number of hydrogen-bond acceptors (Lipinski definition) is 5. The first-order valence-electron chi connectivity index (χ1n) is 7.58. The van der Waals surface area contributed by atoms with Gasteiger partial charge >= 0.3 is 0 Å². The van der Waals surface area contributed by atoms with E-state index in [1.165, 1.54) is 17.8 Å². The lowest BCUT2D eigenvalue weighted by Gasteiger charge is -2.14. The molecule has 3 rings (SSSR count). The molecule has 2 N–H and O–H groups in total. The number of nitrogens with zero attached hydrogens (tertiary/aromatic N) is 3. The van der Waals surface area contributed by atoms with Gasteiger partial charge in [0.2, 0.25) is 15.9 Å². The molecule has 0 radical (unpaired) electrons. The van der Waals surface area contributed by atoms with Crippen LogP contribution in [0.1, 0.15) is 12.5 Å². The zero-order valence-corrected chi connectivity index (χ0v) is 14.3. The van der Waals surface area contributed by atoms with Crippen molar-refractivity contribution in [2.45, 2.75) is 18.7 Å². The third kappa shape index (κ3) is 4.20. The number of fused-ring (bicyclic) bond motifs is 1. The summed E-state index contributed by atoms with van der Waals surface area (Å²) in [4.78, 5) is 16.4. The maximum atomic E-state index is 12.3. The number of anilines is 1.